The minimum atomic E-state index is -0.772. The van der Waals surface area contributed by atoms with Crippen molar-refractivity contribution in [1.82, 2.24) is 5.32 Å². The Morgan fingerprint density at radius 2 is 2.12 bits per heavy atom. The van der Waals surface area contributed by atoms with Gasteiger partial charge in [0.15, 0.2) is 0 Å². The van der Waals surface area contributed by atoms with Crippen molar-refractivity contribution in [3.8, 4) is 0 Å². The lowest BCUT2D eigenvalue weighted by molar-refractivity contribution is -0.385. The molecule has 0 spiro atoms. The van der Waals surface area contributed by atoms with E-state index < -0.39 is 28.4 Å². The zero-order valence-electron chi connectivity index (χ0n) is 9.36. The van der Waals surface area contributed by atoms with Crippen LogP contribution in [0.1, 0.15) is 6.92 Å². The summed E-state index contributed by atoms with van der Waals surface area (Å²) in [4.78, 5) is 21.2. The summed E-state index contributed by atoms with van der Waals surface area (Å²) in [6.45, 7) is 1.61. The molecule has 6 nitrogen and oxygen atoms in total. The maximum Gasteiger partial charge on any atom is 0.274 e. The highest BCUT2D eigenvalue weighted by atomic mass is 19.1. The van der Waals surface area contributed by atoms with Gasteiger partial charge in [0, 0.05) is 6.07 Å². The molecule has 17 heavy (non-hydrogen) atoms. The number of nitro groups is 1. The maximum absolute atomic E-state index is 13.1. The van der Waals surface area contributed by atoms with Gasteiger partial charge in [-0.1, -0.05) is 0 Å². The van der Waals surface area contributed by atoms with Gasteiger partial charge in [-0.3, -0.25) is 14.9 Å². The highest BCUT2D eigenvalue weighted by molar-refractivity contribution is 5.94. The lowest BCUT2D eigenvalue weighted by Crippen LogP contribution is -2.35. The molecule has 1 amide bonds. The van der Waals surface area contributed by atoms with Crippen molar-refractivity contribution in [3.05, 3.63) is 34.1 Å². The number of carbonyl (C=O) groups excluding carboxylic acids is 1. The predicted molar refractivity (Wildman–Crippen MR) is 60.2 cm³/mol. The Bertz CT molecular complexity index is 450. The van der Waals surface area contributed by atoms with Crippen LogP contribution in [0.25, 0.3) is 0 Å². The van der Waals surface area contributed by atoms with E-state index in [1.165, 1.54) is 0 Å². The zero-order chi connectivity index (χ0) is 13.0. The minimum Gasteiger partial charge on any atom is -0.324 e. The van der Waals surface area contributed by atoms with Crippen LogP contribution in [0.5, 0.6) is 0 Å². The van der Waals surface area contributed by atoms with Crippen LogP contribution in [-0.4, -0.2) is 23.9 Å². The first-order chi connectivity index (χ1) is 7.93. The van der Waals surface area contributed by atoms with Crippen LogP contribution in [0.15, 0.2) is 18.2 Å². The monoisotopic (exact) mass is 241 g/mol. The lowest BCUT2D eigenvalue weighted by Gasteiger charge is -2.10. The van der Waals surface area contributed by atoms with Gasteiger partial charge >= 0.3 is 0 Å². The van der Waals surface area contributed by atoms with Gasteiger partial charge in [0.2, 0.25) is 5.91 Å². The first-order valence-corrected chi connectivity index (χ1v) is 4.87. The van der Waals surface area contributed by atoms with Crippen molar-refractivity contribution in [2.45, 2.75) is 13.0 Å². The van der Waals surface area contributed by atoms with E-state index in [1.807, 2.05) is 0 Å². The molecule has 0 radical (unpaired) electrons. The lowest BCUT2D eigenvalue weighted by atomic mass is 10.2. The van der Waals surface area contributed by atoms with Crippen molar-refractivity contribution >= 4 is 17.3 Å². The number of hydrogen-bond acceptors (Lipinski definition) is 4. The highest BCUT2D eigenvalue weighted by Crippen LogP contribution is 2.20. The van der Waals surface area contributed by atoms with Crippen LogP contribution in [0.2, 0.25) is 0 Å². The smallest absolute Gasteiger partial charge is 0.274 e. The van der Waals surface area contributed by atoms with Gasteiger partial charge in [-0.2, -0.15) is 0 Å². The van der Waals surface area contributed by atoms with Gasteiger partial charge in [-0.15, -0.1) is 0 Å². The predicted octanol–water partition coefficient (Wildman–Crippen LogP) is 1.28. The van der Waals surface area contributed by atoms with E-state index >= 15 is 0 Å². The number of carbonyl (C=O) groups is 1. The number of nitrogens with zero attached hydrogens (tertiary/aromatic N) is 1. The molecule has 7 heteroatoms. The van der Waals surface area contributed by atoms with E-state index in [0.717, 1.165) is 18.2 Å². The number of hydrogen-bond donors (Lipinski definition) is 2. The Kier molecular flexibility index (Phi) is 4.11. The molecule has 1 unspecified atom stereocenters. The van der Waals surface area contributed by atoms with Crippen molar-refractivity contribution in [3.63, 3.8) is 0 Å². The van der Waals surface area contributed by atoms with Gasteiger partial charge in [-0.05, 0) is 20.0 Å². The first kappa shape index (κ1) is 13.0. The number of rotatable bonds is 4. The van der Waals surface area contributed by atoms with E-state index in [9.17, 15) is 19.3 Å². The van der Waals surface area contributed by atoms with E-state index in [0.29, 0.717) is 0 Å². The molecular weight excluding hydrogens is 229 g/mol. The summed E-state index contributed by atoms with van der Waals surface area (Å²) >= 11 is 0. The summed E-state index contributed by atoms with van der Waals surface area (Å²) in [5, 5.41) is 15.6. The summed E-state index contributed by atoms with van der Waals surface area (Å²) in [5.74, 6) is -1.17. The molecule has 0 aliphatic carbocycles. The number of nitro benzene ring substituents is 1. The topological polar surface area (TPSA) is 84.3 Å². The van der Waals surface area contributed by atoms with E-state index in [4.69, 9.17) is 0 Å². The number of halogens is 1. The molecule has 1 rings (SSSR count). The van der Waals surface area contributed by atoms with Gasteiger partial charge in [0.05, 0.1) is 22.7 Å². The Hall–Kier alpha value is -2.02. The number of nitrogens with one attached hydrogen (secondary N) is 2. The van der Waals surface area contributed by atoms with Crippen LogP contribution in [0.4, 0.5) is 15.8 Å². The number of amides is 1. The number of anilines is 1. The van der Waals surface area contributed by atoms with E-state index in [-0.39, 0.29) is 5.69 Å². The molecule has 0 aromatic heterocycles. The molecule has 0 fully saturated rings. The molecule has 2 N–H and O–H groups in total. The van der Waals surface area contributed by atoms with Crippen molar-refractivity contribution in [2.75, 3.05) is 12.4 Å². The molecule has 0 aliphatic heterocycles. The fraction of sp³-hybridized carbons (Fsp3) is 0.300. The van der Waals surface area contributed by atoms with Crippen LogP contribution < -0.4 is 10.6 Å². The Morgan fingerprint density at radius 1 is 1.47 bits per heavy atom. The third-order valence-corrected chi connectivity index (χ3v) is 2.19. The second-order valence-electron chi connectivity index (χ2n) is 3.45. The van der Waals surface area contributed by atoms with Crippen molar-refractivity contribution in [1.29, 1.82) is 0 Å². The third kappa shape index (κ3) is 3.49. The molecule has 1 aromatic carbocycles. The Labute approximate surface area is 97.0 Å². The fourth-order valence-electron chi connectivity index (χ4n) is 1.13. The fourth-order valence-corrected chi connectivity index (χ4v) is 1.13. The van der Waals surface area contributed by atoms with Gasteiger partial charge < -0.3 is 10.6 Å². The van der Waals surface area contributed by atoms with Crippen LogP contribution in [-0.2, 0) is 4.79 Å². The number of non-ortho nitro benzene ring substituents is 1. The highest BCUT2D eigenvalue weighted by Gasteiger charge is 2.14. The molecule has 0 saturated heterocycles. The molecule has 0 bridgehead atoms. The van der Waals surface area contributed by atoms with Crippen LogP contribution in [0.3, 0.4) is 0 Å². The van der Waals surface area contributed by atoms with E-state index in [1.54, 1.807) is 14.0 Å². The van der Waals surface area contributed by atoms with Crippen LogP contribution in [0, 0.1) is 15.9 Å². The van der Waals surface area contributed by atoms with Crippen LogP contribution >= 0.6 is 0 Å². The molecular formula is C10H12FN3O3. The minimum absolute atomic E-state index is 0.0591. The van der Waals surface area contributed by atoms with Gasteiger partial charge in [-0.25, -0.2) is 4.39 Å². The second-order valence-corrected chi connectivity index (χ2v) is 3.45. The zero-order valence-corrected chi connectivity index (χ0v) is 9.36. The third-order valence-electron chi connectivity index (χ3n) is 2.19. The maximum atomic E-state index is 13.1. The number of benzene rings is 1. The summed E-state index contributed by atoms with van der Waals surface area (Å²) < 4.78 is 13.1. The largest absolute Gasteiger partial charge is 0.324 e. The quantitative estimate of drug-likeness (QED) is 0.614. The van der Waals surface area contributed by atoms with Crippen molar-refractivity contribution < 1.29 is 14.1 Å². The second kappa shape index (κ2) is 5.35. The molecule has 0 saturated carbocycles. The Morgan fingerprint density at radius 3 is 2.65 bits per heavy atom. The first-order valence-electron chi connectivity index (χ1n) is 4.87. The summed E-state index contributed by atoms with van der Waals surface area (Å²) in [5.41, 5.74) is -0.346. The molecule has 1 atom stereocenters. The number of likely N-dealkylation sites (N-methyl/N-ethyl adjacent to an activating group) is 1. The molecule has 92 valence electrons. The SMILES string of the molecule is CNC(C)C(=O)Nc1cc(F)cc([N+](=O)[O-])c1. The summed E-state index contributed by atoms with van der Waals surface area (Å²) in [6.07, 6.45) is 0. The molecule has 0 heterocycles. The molecule has 0 aliphatic rings. The Balaban J connectivity index is 2.92. The summed E-state index contributed by atoms with van der Waals surface area (Å²) in [6, 6.07) is 2.44. The van der Waals surface area contributed by atoms with E-state index in [2.05, 4.69) is 10.6 Å². The average Bonchev–Trinajstić information content (AvgIpc) is 2.26. The van der Waals surface area contributed by atoms with Gasteiger partial charge in [0.25, 0.3) is 5.69 Å². The normalized spacial score (nSPS) is 11.9. The average molecular weight is 241 g/mol. The molecule has 1 aromatic rings. The van der Waals surface area contributed by atoms with Gasteiger partial charge in [0.1, 0.15) is 5.82 Å². The van der Waals surface area contributed by atoms with Crippen molar-refractivity contribution in [2.24, 2.45) is 0 Å². The standard InChI is InChI=1S/C10H12FN3O3/c1-6(12-2)10(15)13-8-3-7(11)4-9(5-8)14(16)17/h3-6,12H,1-2H3,(H,13,15). The summed E-state index contributed by atoms with van der Waals surface area (Å²) in [7, 11) is 1.60.